The summed E-state index contributed by atoms with van der Waals surface area (Å²) in [7, 11) is 1.68. The summed E-state index contributed by atoms with van der Waals surface area (Å²) in [6.07, 6.45) is 5.02. The van der Waals surface area contributed by atoms with Crippen LogP contribution in [0.4, 0.5) is 17.2 Å². The van der Waals surface area contributed by atoms with E-state index in [-0.39, 0.29) is 5.91 Å². The van der Waals surface area contributed by atoms with Gasteiger partial charge in [0, 0.05) is 43.6 Å². The van der Waals surface area contributed by atoms with Crippen molar-refractivity contribution >= 4 is 34.9 Å². The van der Waals surface area contributed by atoms with Gasteiger partial charge in [-0.05, 0) is 54.8 Å². The molecule has 1 N–H and O–H groups in total. The van der Waals surface area contributed by atoms with Crippen molar-refractivity contribution in [2.45, 2.75) is 31.2 Å². The van der Waals surface area contributed by atoms with Crippen LogP contribution in [0.15, 0.2) is 66.0 Å². The largest absolute Gasteiger partial charge is 0.497 e. The monoisotopic (exact) mass is 491 g/mol. The number of amides is 1. The number of nitrogens with one attached hydrogen (secondary N) is 1. The molecular formula is C27H33N5O2S. The molecule has 2 heterocycles. The Morgan fingerprint density at radius 2 is 1.71 bits per heavy atom. The van der Waals surface area contributed by atoms with E-state index in [0.717, 1.165) is 54.9 Å². The third-order valence-electron chi connectivity index (χ3n) is 6.08. The fourth-order valence-corrected chi connectivity index (χ4v) is 4.70. The van der Waals surface area contributed by atoms with Crippen LogP contribution >= 0.6 is 11.8 Å². The first-order valence-corrected chi connectivity index (χ1v) is 13.1. The van der Waals surface area contributed by atoms with E-state index >= 15 is 0 Å². The molecule has 184 valence electrons. The molecule has 1 fully saturated rings. The summed E-state index contributed by atoms with van der Waals surface area (Å²) in [6, 6.07) is 18.3. The van der Waals surface area contributed by atoms with E-state index in [1.54, 1.807) is 13.4 Å². The van der Waals surface area contributed by atoms with Crippen LogP contribution in [0.5, 0.6) is 5.75 Å². The number of rotatable bonds is 10. The summed E-state index contributed by atoms with van der Waals surface area (Å²) in [5.74, 6) is 2.04. The number of nitrogens with zero attached hydrogens (tertiary/aromatic N) is 4. The Morgan fingerprint density at radius 3 is 2.40 bits per heavy atom. The van der Waals surface area contributed by atoms with Gasteiger partial charge in [-0.15, -0.1) is 0 Å². The number of unbranched alkanes of at least 4 members (excludes halogenated alkanes) is 1. The van der Waals surface area contributed by atoms with E-state index in [2.05, 4.69) is 56.3 Å². The predicted octanol–water partition coefficient (Wildman–Crippen LogP) is 4.89. The molecule has 3 aromatic rings. The van der Waals surface area contributed by atoms with E-state index < -0.39 is 0 Å². The topological polar surface area (TPSA) is 70.6 Å². The number of aryl methyl sites for hydroxylation is 1. The van der Waals surface area contributed by atoms with Crippen LogP contribution in [0.25, 0.3) is 0 Å². The van der Waals surface area contributed by atoms with Gasteiger partial charge in [-0.2, -0.15) is 0 Å². The van der Waals surface area contributed by atoms with Gasteiger partial charge in [0.15, 0.2) is 0 Å². The normalized spacial score (nSPS) is 13.5. The Bertz CT molecular complexity index is 1080. The number of hydrogen-bond donors (Lipinski definition) is 1. The average molecular weight is 492 g/mol. The zero-order chi connectivity index (χ0) is 24.5. The lowest BCUT2D eigenvalue weighted by Gasteiger charge is -2.36. The standard InChI is InChI=1S/C27H33N5O2S/c1-3-4-5-21-6-8-22(9-7-21)30-26(33)19-35-27-18-25(28-20-29-27)32-16-14-31(15-17-32)23-10-12-24(34-2)13-11-23/h6-13,18,20H,3-5,14-17,19H2,1-2H3,(H,30,33). The highest BCUT2D eigenvalue weighted by molar-refractivity contribution is 7.99. The molecule has 0 saturated carbocycles. The van der Waals surface area contributed by atoms with Crippen molar-refractivity contribution < 1.29 is 9.53 Å². The van der Waals surface area contributed by atoms with Crippen molar-refractivity contribution in [3.63, 3.8) is 0 Å². The summed E-state index contributed by atoms with van der Waals surface area (Å²) in [6.45, 7) is 5.78. The molecule has 1 amide bonds. The van der Waals surface area contributed by atoms with Gasteiger partial charge in [0.05, 0.1) is 12.9 Å². The molecule has 4 rings (SSSR count). The number of methoxy groups -OCH3 is 1. The predicted molar refractivity (Wildman–Crippen MR) is 144 cm³/mol. The molecule has 0 aliphatic carbocycles. The molecular weight excluding hydrogens is 458 g/mol. The third-order valence-corrected chi connectivity index (χ3v) is 7.00. The number of hydrogen-bond acceptors (Lipinski definition) is 7. The van der Waals surface area contributed by atoms with Crippen molar-refractivity contribution in [3.05, 3.63) is 66.5 Å². The van der Waals surface area contributed by atoms with Gasteiger partial charge in [0.25, 0.3) is 0 Å². The molecule has 1 saturated heterocycles. The molecule has 0 unspecified atom stereocenters. The number of thioether (sulfide) groups is 1. The van der Waals surface area contributed by atoms with Crippen molar-refractivity contribution in [2.75, 3.05) is 54.2 Å². The van der Waals surface area contributed by atoms with Crippen LogP contribution in [0.3, 0.4) is 0 Å². The lowest BCUT2D eigenvalue weighted by molar-refractivity contribution is -0.113. The molecule has 1 aliphatic rings. The smallest absolute Gasteiger partial charge is 0.234 e. The van der Waals surface area contributed by atoms with Gasteiger partial charge in [0.2, 0.25) is 5.91 Å². The molecule has 35 heavy (non-hydrogen) atoms. The van der Waals surface area contributed by atoms with Gasteiger partial charge in [0.1, 0.15) is 22.9 Å². The molecule has 0 spiro atoms. The Kier molecular flexibility index (Phi) is 8.84. The second kappa shape index (κ2) is 12.4. The number of carbonyl (C=O) groups is 1. The van der Waals surface area contributed by atoms with Crippen LogP contribution in [0.2, 0.25) is 0 Å². The molecule has 0 radical (unpaired) electrons. The number of ether oxygens (including phenoxy) is 1. The molecule has 7 nitrogen and oxygen atoms in total. The maximum absolute atomic E-state index is 12.4. The SMILES string of the molecule is CCCCc1ccc(NC(=O)CSc2cc(N3CCN(c4ccc(OC)cc4)CC3)ncn2)cc1. The molecule has 0 atom stereocenters. The number of carbonyl (C=O) groups excluding carboxylic acids is 1. The number of anilines is 3. The van der Waals surface area contributed by atoms with E-state index in [1.165, 1.54) is 35.9 Å². The van der Waals surface area contributed by atoms with Crippen LogP contribution in [-0.2, 0) is 11.2 Å². The van der Waals surface area contributed by atoms with Gasteiger partial charge >= 0.3 is 0 Å². The maximum Gasteiger partial charge on any atom is 0.234 e. The summed E-state index contributed by atoms with van der Waals surface area (Å²) in [5.41, 5.74) is 3.33. The summed E-state index contributed by atoms with van der Waals surface area (Å²) < 4.78 is 5.25. The van der Waals surface area contributed by atoms with Crippen molar-refractivity contribution in [3.8, 4) is 5.75 Å². The molecule has 8 heteroatoms. The van der Waals surface area contributed by atoms with Gasteiger partial charge < -0.3 is 19.9 Å². The Morgan fingerprint density at radius 1 is 1.00 bits per heavy atom. The van der Waals surface area contributed by atoms with E-state index in [1.807, 2.05) is 30.3 Å². The first-order chi connectivity index (χ1) is 17.1. The number of piperazine rings is 1. The summed E-state index contributed by atoms with van der Waals surface area (Å²) in [5, 5.41) is 3.78. The quantitative estimate of drug-likeness (QED) is 0.320. The minimum absolute atomic E-state index is 0.0374. The molecule has 2 aromatic carbocycles. The maximum atomic E-state index is 12.4. The lowest BCUT2D eigenvalue weighted by atomic mass is 10.1. The van der Waals surface area contributed by atoms with Crippen molar-refractivity contribution in [1.82, 2.24) is 9.97 Å². The zero-order valence-corrected chi connectivity index (χ0v) is 21.3. The van der Waals surface area contributed by atoms with Crippen LogP contribution in [0.1, 0.15) is 25.3 Å². The highest BCUT2D eigenvalue weighted by atomic mass is 32.2. The van der Waals surface area contributed by atoms with Gasteiger partial charge in [-0.1, -0.05) is 37.2 Å². The van der Waals surface area contributed by atoms with Crippen LogP contribution < -0.4 is 19.9 Å². The molecule has 1 aromatic heterocycles. The second-order valence-corrected chi connectivity index (χ2v) is 9.52. The first kappa shape index (κ1) is 24.9. The van der Waals surface area contributed by atoms with E-state index in [4.69, 9.17) is 4.74 Å². The fourth-order valence-electron chi connectivity index (χ4n) is 4.04. The highest BCUT2D eigenvalue weighted by Gasteiger charge is 2.19. The van der Waals surface area contributed by atoms with Crippen molar-refractivity contribution in [2.24, 2.45) is 0 Å². The van der Waals surface area contributed by atoms with Crippen molar-refractivity contribution in [1.29, 1.82) is 0 Å². The van der Waals surface area contributed by atoms with E-state index in [9.17, 15) is 4.79 Å². The van der Waals surface area contributed by atoms with Gasteiger partial charge in [-0.3, -0.25) is 4.79 Å². The number of aromatic nitrogens is 2. The highest BCUT2D eigenvalue weighted by Crippen LogP contribution is 2.24. The lowest BCUT2D eigenvalue weighted by Crippen LogP contribution is -2.46. The summed E-state index contributed by atoms with van der Waals surface area (Å²) >= 11 is 1.43. The first-order valence-electron chi connectivity index (χ1n) is 12.1. The Hall–Kier alpha value is -3.26. The van der Waals surface area contributed by atoms with Gasteiger partial charge in [-0.25, -0.2) is 9.97 Å². The third kappa shape index (κ3) is 7.11. The second-order valence-electron chi connectivity index (χ2n) is 8.52. The number of benzene rings is 2. The molecule has 1 aliphatic heterocycles. The fraction of sp³-hybridized carbons (Fsp3) is 0.370. The average Bonchev–Trinajstić information content (AvgIpc) is 2.92. The Balaban J connectivity index is 1.25. The van der Waals surface area contributed by atoms with E-state index in [0.29, 0.717) is 5.75 Å². The Labute approximate surface area is 211 Å². The molecule has 0 bridgehead atoms. The summed E-state index contributed by atoms with van der Waals surface area (Å²) in [4.78, 5) is 25.9. The zero-order valence-electron chi connectivity index (χ0n) is 20.4. The minimum atomic E-state index is -0.0374. The van der Waals surface area contributed by atoms with Crippen LogP contribution in [-0.4, -0.2) is 54.9 Å². The minimum Gasteiger partial charge on any atom is -0.497 e. The van der Waals surface area contributed by atoms with Crippen LogP contribution in [0, 0.1) is 0 Å².